The van der Waals surface area contributed by atoms with E-state index in [1.165, 1.54) is 5.56 Å². The molecule has 9 nitrogen and oxygen atoms in total. The number of carbonyl (C=O) groups is 1. The first-order chi connectivity index (χ1) is 17.2. The van der Waals surface area contributed by atoms with Crippen LogP contribution in [0.5, 0.6) is 0 Å². The van der Waals surface area contributed by atoms with Crippen molar-refractivity contribution >= 4 is 29.3 Å². The highest BCUT2D eigenvalue weighted by Crippen LogP contribution is 2.27. The van der Waals surface area contributed by atoms with Gasteiger partial charge in [0.15, 0.2) is 17.8 Å². The number of hydrogen-bond donors (Lipinski definition) is 2. The number of benzene rings is 2. The van der Waals surface area contributed by atoms with Crippen molar-refractivity contribution in [3.8, 4) is 11.3 Å². The molecule has 2 N–H and O–H groups in total. The van der Waals surface area contributed by atoms with Gasteiger partial charge in [-0.15, -0.1) is 0 Å². The molecule has 1 atom stereocenters. The van der Waals surface area contributed by atoms with Crippen molar-refractivity contribution < 1.29 is 14.4 Å². The molecule has 1 fully saturated rings. The zero-order valence-corrected chi connectivity index (χ0v) is 19.0. The van der Waals surface area contributed by atoms with Crippen LogP contribution in [0, 0.1) is 0 Å². The molecular formula is C26H24N6O3. The molecule has 35 heavy (non-hydrogen) atoms. The monoisotopic (exact) mass is 468 g/mol. The number of nitrogens with zero attached hydrogens (tertiary/aromatic N) is 4. The van der Waals surface area contributed by atoms with Crippen molar-refractivity contribution in [2.24, 2.45) is 4.99 Å². The number of fused-ring (bicyclic) bond motifs is 2. The first kappa shape index (κ1) is 21.5. The number of ether oxygens (including phenoxy) is 1. The predicted molar refractivity (Wildman–Crippen MR) is 132 cm³/mol. The summed E-state index contributed by atoms with van der Waals surface area (Å²) in [4.78, 5) is 31.5. The van der Waals surface area contributed by atoms with E-state index in [1.54, 1.807) is 18.3 Å². The molecule has 0 aliphatic carbocycles. The molecule has 9 heteroatoms. The minimum Gasteiger partial charge on any atom is -0.350 e. The van der Waals surface area contributed by atoms with E-state index in [0.29, 0.717) is 30.2 Å². The molecule has 1 unspecified atom stereocenters. The van der Waals surface area contributed by atoms with E-state index in [4.69, 9.17) is 14.6 Å². The van der Waals surface area contributed by atoms with Crippen molar-refractivity contribution in [3.63, 3.8) is 0 Å². The van der Waals surface area contributed by atoms with Crippen molar-refractivity contribution in [2.75, 3.05) is 11.9 Å². The fourth-order valence-electron chi connectivity index (χ4n) is 4.25. The van der Waals surface area contributed by atoms with Gasteiger partial charge in [-0.25, -0.2) is 20.3 Å². The van der Waals surface area contributed by atoms with Gasteiger partial charge in [0.2, 0.25) is 0 Å². The summed E-state index contributed by atoms with van der Waals surface area (Å²) in [6.45, 7) is 1.35. The SMILES string of the molecule is O=C(NOC1CCCCO1)c1ccc(Nc2nc(-c3ccc4c(c3)CN=C4)cn3ccnc23)cc1. The molecule has 4 heterocycles. The Labute approximate surface area is 201 Å². The third kappa shape index (κ3) is 4.51. The molecule has 0 radical (unpaired) electrons. The van der Waals surface area contributed by atoms with E-state index in [2.05, 4.69) is 39.0 Å². The highest BCUT2D eigenvalue weighted by atomic mass is 16.8. The van der Waals surface area contributed by atoms with E-state index >= 15 is 0 Å². The number of nitrogens with one attached hydrogen (secondary N) is 2. The van der Waals surface area contributed by atoms with Gasteiger partial charge >= 0.3 is 0 Å². The van der Waals surface area contributed by atoms with Crippen LogP contribution in [0.25, 0.3) is 16.9 Å². The molecule has 6 rings (SSSR count). The van der Waals surface area contributed by atoms with Crippen LogP contribution in [-0.2, 0) is 16.1 Å². The first-order valence-corrected chi connectivity index (χ1v) is 11.6. The third-order valence-corrected chi connectivity index (χ3v) is 6.14. The van der Waals surface area contributed by atoms with Crippen LogP contribution in [0.4, 0.5) is 11.5 Å². The molecule has 1 saturated heterocycles. The molecule has 176 valence electrons. The lowest BCUT2D eigenvalue weighted by Gasteiger charge is -2.22. The Morgan fingerprint density at radius 2 is 2.06 bits per heavy atom. The lowest BCUT2D eigenvalue weighted by atomic mass is 10.0. The van der Waals surface area contributed by atoms with Crippen LogP contribution in [0.2, 0.25) is 0 Å². The Balaban J connectivity index is 1.20. The fraction of sp³-hybridized carbons (Fsp3) is 0.231. The minimum absolute atomic E-state index is 0.318. The Hall–Kier alpha value is -4.08. The lowest BCUT2D eigenvalue weighted by molar-refractivity contribution is -0.186. The highest BCUT2D eigenvalue weighted by Gasteiger charge is 2.17. The second-order valence-corrected chi connectivity index (χ2v) is 8.56. The number of carbonyl (C=O) groups excluding carboxylic acids is 1. The van der Waals surface area contributed by atoms with Gasteiger partial charge in [-0.05, 0) is 54.3 Å². The summed E-state index contributed by atoms with van der Waals surface area (Å²) in [7, 11) is 0. The molecule has 4 aromatic rings. The summed E-state index contributed by atoms with van der Waals surface area (Å²) in [5.41, 5.74) is 8.65. The van der Waals surface area contributed by atoms with Crippen LogP contribution < -0.4 is 10.8 Å². The first-order valence-electron chi connectivity index (χ1n) is 11.6. The maximum atomic E-state index is 12.4. The molecule has 2 aromatic carbocycles. The van der Waals surface area contributed by atoms with Gasteiger partial charge in [0.05, 0.1) is 12.2 Å². The van der Waals surface area contributed by atoms with Crippen molar-refractivity contribution in [1.82, 2.24) is 19.8 Å². The van der Waals surface area contributed by atoms with Crippen LogP contribution >= 0.6 is 0 Å². The summed E-state index contributed by atoms with van der Waals surface area (Å²) >= 11 is 0. The standard InChI is InChI=1S/C26H24N6O3/c33-26(31-35-23-3-1-2-12-34-23)17-6-8-21(9-7-17)29-24-25-28-10-11-32(25)16-22(30-24)18-4-5-19-14-27-15-20(19)13-18/h4-11,13-14,16,23H,1-3,12,15H2,(H,29,30)(H,31,33). The smallest absolute Gasteiger partial charge is 0.274 e. The molecule has 2 aliphatic heterocycles. The Morgan fingerprint density at radius 3 is 2.91 bits per heavy atom. The van der Waals surface area contributed by atoms with Gasteiger partial charge in [-0.1, -0.05) is 12.1 Å². The van der Waals surface area contributed by atoms with E-state index < -0.39 is 0 Å². The average molecular weight is 469 g/mol. The summed E-state index contributed by atoms with van der Waals surface area (Å²) < 4.78 is 7.42. The maximum absolute atomic E-state index is 12.4. The third-order valence-electron chi connectivity index (χ3n) is 6.14. The number of anilines is 2. The topological polar surface area (TPSA) is 102 Å². The summed E-state index contributed by atoms with van der Waals surface area (Å²) in [6, 6.07) is 13.4. The second-order valence-electron chi connectivity index (χ2n) is 8.56. The number of aromatic nitrogens is 3. The molecule has 2 aromatic heterocycles. The predicted octanol–water partition coefficient (Wildman–Crippen LogP) is 4.26. The number of amides is 1. The Kier molecular flexibility index (Phi) is 5.69. The number of hydroxylamine groups is 1. The number of rotatable bonds is 6. The zero-order chi connectivity index (χ0) is 23.6. The Morgan fingerprint density at radius 1 is 1.14 bits per heavy atom. The van der Waals surface area contributed by atoms with Crippen molar-refractivity contribution in [2.45, 2.75) is 32.1 Å². The number of imidazole rings is 1. The van der Waals surface area contributed by atoms with Crippen LogP contribution in [-0.4, -0.2) is 39.4 Å². The van der Waals surface area contributed by atoms with Crippen LogP contribution in [0.3, 0.4) is 0 Å². The minimum atomic E-state index is -0.387. The summed E-state index contributed by atoms with van der Waals surface area (Å²) in [5.74, 6) is 0.307. The second kappa shape index (κ2) is 9.28. The molecule has 0 saturated carbocycles. The van der Waals surface area contributed by atoms with E-state index in [0.717, 1.165) is 41.8 Å². The maximum Gasteiger partial charge on any atom is 0.274 e. The van der Waals surface area contributed by atoms with Crippen molar-refractivity contribution in [3.05, 3.63) is 77.7 Å². The van der Waals surface area contributed by atoms with Crippen molar-refractivity contribution in [1.29, 1.82) is 0 Å². The largest absolute Gasteiger partial charge is 0.350 e. The summed E-state index contributed by atoms with van der Waals surface area (Å²) in [5, 5.41) is 3.34. The van der Waals surface area contributed by atoms with Gasteiger partial charge in [0.25, 0.3) is 5.91 Å². The molecule has 1 amide bonds. The molecular weight excluding hydrogens is 444 g/mol. The molecule has 2 aliphatic rings. The zero-order valence-electron chi connectivity index (χ0n) is 19.0. The highest BCUT2D eigenvalue weighted by molar-refractivity contribution is 5.94. The van der Waals surface area contributed by atoms with E-state index in [9.17, 15) is 4.79 Å². The van der Waals surface area contributed by atoms with Crippen LogP contribution in [0.15, 0.2) is 66.0 Å². The normalized spacial score (nSPS) is 16.9. The van der Waals surface area contributed by atoms with Gasteiger partial charge < -0.3 is 14.5 Å². The van der Waals surface area contributed by atoms with E-state index in [1.807, 2.05) is 35.1 Å². The number of hydrogen-bond acceptors (Lipinski definition) is 7. The number of aliphatic imine (C=N–C) groups is 1. The van der Waals surface area contributed by atoms with Gasteiger partial charge in [-0.3, -0.25) is 9.79 Å². The van der Waals surface area contributed by atoms with E-state index in [-0.39, 0.29) is 12.2 Å². The molecule has 0 spiro atoms. The average Bonchev–Trinajstić information content (AvgIpc) is 3.57. The fourth-order valence-corrected chi connectivity index (χ4v) is 4.25. The Bertz CT molecular complexity index is 1410. The van der Waals surface area contributed by atoms with Gasteiger partial charge in [0.1, 0.15) is 0 Å². The van der Waals surface area contributed by atoms with Gasteiger partial charge in [-0.2, -0.15) is 0 Å². The van der Waals surface area contributed by atoms with Crippen LogP contribution in [0.1, 0.15) is 40.7 Å². The lowest BCUT2D eigenvalue weighted by Crippen LogP contribution is -2.33. The van der Waals surface area contributed by atoms with Gasteiger partial charge in [0, 0.05) is 54.6 Å². The molecule has 0 bridgehead atoms. The summed E-state index contributed by atoms with van der Waals surface area (Å²) in [6.07, 6.45) is 9.94. The quantitative estimate of drug-likeness (QED) is 0.410.